The van der Waals surface area contributed by atoms with Crippen LogP contribution in [0.1, 0.15) is 12.8 Å². The van der Waals surface area contributed by atoms with Gasteiger partial charge in [-0.1, -0.05) is 39.3 Å². The van der Waals surface area contributed by atoms with Gasteiger partial charge >= 0.3 is 0 Å². The van der Waals surface area contributed by atoms with Gasteiger partial charge in [-0.3, -0.25) is 4.79 Å². The number of carbonyl (C=O) groups is 1. The molecule has 1 amide bonds. The van der Waals surface area contributed by atoms with Crippen molar-refractivity contribution in [2.75, 3.05) is 25.6 Å². The van der Waals surface area contributed by atoms with Crippen molar-refractivity contribution in [3.05, 3.63) is 36.7 Å². The van der Waals surface area contributed by atoms with Crippen molar-refractivity contribution in [2.45, 2.75) is 77.7 Å². The zero-order valence-electron chi connectivity index (χ0n) is 26.1. The van der Waals surface area contributed by atoms with Gasteiger partial charge in [0.2, 0.25) is 5.91 Å². The monoisotopic (exact) mass is 607 g/mol. The number of nitrogens with one attached hydrogen (secondary N) is 1. The van der Waals surface area contributed by atoms with E-state index in [0.717, 1.165) is 70.3 Å². The van der Waals surface area contributed by atoms with Gasteiger partial charge in [0.05, 0.1) is 24.2 Å². The summed E-state index contributed by atoms with van der Waals surface area (Å²) in [6.45, 7) is 16.3. The standard InChI is InChI=1S/C31H45N5O4Si2/c1-38-29-23(10-12-27-25(29)18-32-36(27)21-40-15-17-42(5,6)7)26-19-35(20-39-14-16-41(2,3)4)30-24(26)11-13-28(33-30)34-31(37)22-8-9-22/h10-13,18-19,22H,8-9,14-17,20-21H2,1-7H3,(H,33,34,37). The van der Waals surface area contributed by atoms with E-state index < -0.39 is 16.1 Å². The van der Waals surface area contributed by atoms with Gasteiger partial charge in [-0.25, -0.2) is 9.67 Å². The van der Waals surface area contributed by atoms with Gasteiger partial charge in [-0.15, -0.1) is 0 Å². The number of hydrogen-bond acceptors (Lipinski definition) is 6. The topological polar surface area (TPSA) is 92.4 Å². The van der Waals surface area contributed by atoms with Crippen LogP contribution < -0.4 is 10.1 Å². The molecule has 0 spiro atoms. The molecule has 9 nitrogen and oxygen atoms in total. The zero-order valence-corrected chi connectivity index (χ0v) is 28.1. The van der Waals surface area contributed by atoms with Crippen molar-refractivity contribution < 1.29 is 19.0 Å². The minimum absolute atomic E-state index is 0.0418. The number of anilines is 1. The minimum Gasteiger partial charge on any atom is -0.495 e. The smallest absolute Gasteiger partial charge is 0.228 e. The maximum Gasteiger partial charge on any atom is 0.228 e. The summed E-state index contributed by atoms with van der Waals surface area (Å²) in [6.07, 6.45) is 5.82. The molecule has 0 atom stereocenters. The third-order valence-electron chi connectivity index (χ3n) is 7.63. The number of pyridine rings is 1. The fourth-order valence-electron chi connectivity index (χ4n) is 4.85. The van der Waals surface area contributed by atoms with Gasteiger partial charge in [0, 0.05) is 58.0 Å². The molecule has 5 rings (SSSR count). The van der Waals surface area contributed by atoms with E-state index in [1.807, 2.05) is 27.6 Å². The summed E-state index contributed by atoms with van der Waals surface area (Å²) < 4.78 is 22.0. The van der Waals surface area contributed by atoms with E-state index in [9.17, 15) is 4.79 Å². The summed E-state index contributed by atoms with van der Waals surface area (Å²) in [4.78, 5) is 17.3. The number of nitrogens with zero attached hydrogens (tertiary/aromatic N) is 4. The predicted octanol–water partition coefficient (Wildman–Crippen LogP) is 7.03. The normalized spacial score (nSPS) is 14.2. The number of carbonyl (C=O) groups excluding carboxylic acids is 1. The van der Waals surface area contributed by atoms with E-state index in [1.54, 1.807) is 7.11 Å². The number of methoxy groups -OCH3 is 1. The molecule has 0 bridgehead atoms. The minimum atomic E-state index is -1.21. The molecule has 1 aliphatic rings. The van der Waals surface area contributed by atoms with E-state index in [4.69, 9.17) is 19.2 Å². The Labute approximate surface area is 250 Å². The Morgan fingerprint density at radius 2 is 1.62 bits per heavy atom. The summed E-state index contributed by atoms with van der Waals surface area (Å²) in [7, 11) is -0.673. The van der Waals surface area contributed by atoms with Crippen LogP contribution in [-0.4, -0.2) is 61.7 Å². The average Bonchev–Trinajstić information content (AvgIpc) is 3.61. The van der Waals surface area contributed by atoms with Gasteiger partial charge < -0.3 is 24.1 Å². The molecule has 0 aliphatic heterocycles. The van der Waals surface area contributed by atoms with Crippen LogP contribution in [0.3, 0.4) is 0 Å². The summed E-state index contributed by atoms with van der Waals surface area (Å²) >= 11 is 0. The summed E-state index contributed by atoms with van der Waals surface area (Å²) in [5.74, 6) is 1.47. The van der Waals surface area contributed by atoms with Crippen molar-refractivity contribution >= 4 is 49.8 Å². The van der Waals surface area contributed by atoms with E-state index in [1.165, 1.54) is 0 Å². The quantitative estimate of drug-likeness (QED) is 0.122. The molecule has 42 heavy (non-hydrogen) atoms. The molecule has 1 aromatic carbocycles. The average molecular weight is 608 g/mol. The molecule has 226 valence electrons. The lowest BCUT2D eigenvalue weighted by Gasteiger charge is -2.15. The molecule has 1 fully saturated rings. The molecule has 0 unspecified atom stereocenters. The number of rotatable bonds is 14. The zero-order chi connectivity index (χ0) is 30.1. The molecule has 11 heteroatoms. The molecule has 3 heterocycles. The number of amides is 1. The van der Waals surface area contributed by atoms with Gasteiger partial charge in [0.25, 0.3) is 0 Å². The summed E-state index contributed by atoms with van der Waals surface area (Å²) in [6, 6.07) is 10.3. The highest BCUT2D eigenvalue weighted by atomic mass is 28.3. The largest absolute Gasteiger partial charge is 0.495 e. The Hall–Kier alpha value is -3.00. The van der Waals surface area contributed by atoms with Crippen LogP contribution in [0.2, 0.25) is 51.4 Å². The van der Waals surface area contributed by atoms with Crippen molar-refractivity contribution in [1.82, 2.24) is 19.3 Å². The Morgan fingerprint density at radius 3 is 2.26 bits per heavy atom. The molecular weight excluding hydrogens is 563 g/mol. The molecule has 0 saturated heterocycles. The van der Waals surface area contributed by atoms with Crippen molar-refractivity contribution in [3.63, 3.8) is 0 Å². The maximum absolute atomic E-state index is 12.5. The number of benzene rings is 1. The first-order valence-electron chi connectivity index (χ1n) is 14.9. The van der Waals surface area contributed by atoms with Crippen LogP contribution in [0, 0.1) is 5.92 Å². The molecule has 1 aliphatic carbocycles. The first-order chi connectivity index (χ1) is 19.9. The van der Waals surface area contributed by atoms with E-state index in [-0.39, 0.29) is 11.8 Å². The van der Waals surface area contributed by atoms with E-state index in [0.29, 0.717) is 25.9 Å². The summed E-state index contributed by atoms with van der Waals surface area (Å²) in [5.41, 5.74) is 3.67. The Morgan fingerprint density at radius 1 is 0.929 bits per heavy atom. The fraction of sp³-hybridized carbons (Fsp3) is 0.516. The number of aromatic nitrogens is 4. The Bertz CT molecular complexity index is 1560. The molecule has 1 N–H and O–H groups in total. The first-order valence-corrected chi connectivity index (χ1v) is 22.3. The lowest BCUT2D eigenvalue weighted by molar-refractivity contribution is -0.117. The molecule has 1 saturated carbocycles. The fourth-order valence-corrected chi connectivity index (χ4v) is 6.37. The number of hydrogen-bond donors (Lipinski definition) is 1. The lowest BCUT2D eigenvalue weighted by Crippen LogP contribution is -2.22. The van der Waals surface area contributed by atoms with Gasteiger partial charge in [0.15, 0.2) is 0 Å². The van der Waals surface area contributed by atoms with Gasteiger partial charge in [-0.05, 0) is 49.2 Å². The summed E-state index contributed by atoms with van der Waals surface area (Å²) in [5, 5.41) is 9.50. The van der Waals surface area contributed by atoms with E-state index >= 15 is 0 Å². The van der Waals surface area contributed by atoms with E-state index in [2.05, 4.69) is 68.0 Å². The number of ether oxygens (including phenoxy) is 3. The first kappa shape index (κ1) is 30.5. The third kappa shape index (κ3) is 7.31. The van der Waals surface area contributed by atoms with Crippen LogP contribution in [0.4, 0.5) is 5.82 Å². The lowest BCUT2D eigenvalue weighted by atomic mass is 10.0. The van der Waals surface area contributed by atoms with Crippen LogP contribution in [-0.2, 0) is 27.7 Å². The highest BCUT2D eigenvalue weighted by molar-refractivity contribution is 6.76. The highest BCUT2D eigenvalue weighted by Gasteiger charge is 2.30. The second-order valence-electron chi connectivity index (χ2n) is 13.8. The molecule has 4 aromatic rings. The van der Waals surface area contributed by atoms with Crippen LogP contribution >= 0.6 is 0 Å². The van der Waals surface area contributed by atoms with Crippen molar-refractivity contribution in [2.24, 2.45) is 5.92 Å². The SMILES string of the molecule is COc1c(-c2cn(COCC[Si](C)(C)C)c3nc(NC(=O)C4CC4)ccc23)ccc2c1cnn2COCC[Si](C)(C)C. The third-order valence-corrected chi connectivity index (χ3v) is 11.0. The Kier molecular flexibility index (Phi) is 8.93. The Balaban J connectivity index is 1.46. The molecule has 3 aromatic heterocycles. The molecule has 0 radical (unpaired) electrons. The van der Waals surface area contributed by atoms with Crippen LogP contribution in [0.15, 0.2) is 36.7 Å². The second kappa shape index (κ2) is 12.3. The van der Waals surface area contributed by atoms with Gasteiger partial charge in [-0.2, -0.15) is 5.10 Å². The van der Waals surface area contributed by atoms with Crippen molar-refractivity contribution in [1.29, 1.82) is 0 Å². The maximum atomic E-state index is 12.5. The molecular formula is C31H45N5O4Si2. The van der Waals surface area contributed by atoms with Crippen LogP contribution in [0.25, 0.3) is 33.1 Å². The van der Waals surface area contributed by atoms with Crippen LogP contribution in [0.5, 0.6) is 5.75 Å². The predicted molar refractivity (Wildman–Crippen MR) is 175 cm³/mol. The van der Waals surface area contributed by atoms with Gasteiger partial charge in [0.1, 0.15) is 30.7 Å². The van der Waals surface area contributed by atoms with Crippen molar-refractivity contribution in [3.8, 4) is 16.9 Å². The highest BCUT2D eigenvalue weighted by Crippen LogP contribution is 2.41. The second-order valence-corrected chi connectivity index (χ2v) is 25.0. The number of fused-ring (bicyclic) bond motifs is 2.